The molecule has 5 aliphatic rings. The third-order valence-corrected chi connectivity index (χ3v) is 15.2. The molecule has 11 heteroatoms. The Labute approximate surface area is 314 Å². The van der Waals surface area contributed by atoms with Gasteiger partial charge in [0.2, 0.25) is 5.91 Å². The summed E-state index contributed by atoms with van der Waals surface area (Å²) in [4.78, 5) is 31.8. The predicted molar refractivity (Wildman–Crippen MR) is 206 cm³/mol. The van der Waals surface area contributed by atoms with Crippen LogP contribution in [0, 0.1) is 23.7 Å². The van der Waals surface area contributed by atoms with E-state index in [-0.39, 0.29) is 46.4 Å². The van der Waals surface area contributed by atoms with Crippen molar-refractivity contribution < 1.29 is 28.0 Å². The number of hydrogen-bond donors (Lipinski definition) is 0. The van der Waals surface area contributed by atoms with E-state index < -0.39 is 15.6 Å². The second-order valence-electron chi connectivity index (χ2n) is 16.5. The average molecular weight is 752 g/mol. The van der Waals surface area contributed by atoms with Gasteiger partial charge in [0, 0.05) is 68.1 Å². The van der Waals surface area contributed by atoms with Gasteiger partial charge in [0.05, 0.1) is 33.7 Å². The van der Waals surface area contributed by atoms with Gasteiger partial charge in [0.1, 0.15) is 11.5 Å². The third kappa shape index (κ3) is 7.42. The van der Waals surface area contributed by atoms with Crippen LogP contribution in [0.15, 0.2) is 52.9 Å². The molecule has 7 rings (SSSR count). The molecule has 9 nitrogen and oxygen atoms in total. The highest BCUT2D eigenvalue weighted by Gasteiger charge is 2.45. The fraction of sp³-hybridized carbons (Fsp3) is 0.610. The summed E-state index contributed by atoms with van der Waals surface area (Å²) < 4.78 is 37.5. The minimum atomic E-state index is -3.24. The summed E-state index contributed by atoms with van der Waals surface area (Å²) in [5.74, 6) is 0.670. The van der Waals surface area contributed by atoms with Gasteiger partial charge in [0.25, 0.3) is 5.91 Å². The number of nitrogens with zero attached hydrogens (tertiary/aromatic N) is 3. The molecular formula is C41H54ClN3O6S. The normalized spacial score (nSPS) is 31.6. The van der Waals surface area contributed by atoms with Crippen LogP contribution >= 0.6 is 11.6 Å². The number of aryl methyl sites for hydroxylation is 1. The first-order chi connectivity index (χ1) is 24.8. The highest BCUT2D eigenvalue weighted by Crippen LogP contribution is 2.47. The molecule has 1 saturated carbocycles. The van der Waals surface area contributed by atoms with Crippen molar-refractivity contribution in [2.24, 2.45) is 28.0 Å². The van der Waals surface area contributed by atoms with Crippen LogP contribution in [0.25, 0.3) is 0 Å². The van der Waals surface area contributed by atoms with E-state index in [1.807, 2.05) is 39.0 Å². The molecule has 2 aliphatic carbocycles. The van der Waals surface area contributed by atoms with Crippen molar-refractivity contribution >= 4 is 38.8 Å². The number of carbonyl (C=O) groups is 2. The summed E-state index contributed by atoms with van der Waals surface area (Å²) >= 11 is 6.47. The molecule has 52 heavy (non-hydrogen) atoms. The average Bonchev–Trinajstić information content (AvgIpc) is 3.21. The first-order valence-electron chi connectivity index (χ1n) is 18.9. The molecule has 0 unspecified atom stereocenters. The number of ether oxygens (including phenoxy) is 3. The second kappa shape index (κ2) is 14.7. The van der Waals surface area contributed by atoms with Crippen LogP contribution in [0.5, 0.6) is 5.75 Å². The largest absolute Gasteiger partial charge is 0.490 e. The number of allylic oxidation sites excluding steroid dienone is 1. The molecule has 2 bridgehead atoms. The number of carbonyl (C=O) groups excluding carboxylic acids is 2. The van der Waals surface area contributed by atoms with Crippen LogP contribution in [-0.2, 0) is 35.8 Å². The number of amides is 2. The van der Waals surface area contributed by atoms with E-state index in [1.54, 1.807) is 25.2 Å². The van der Waals surface area contributed by atoms with Crippen molar-refractivity contribution in [1.82, 2.24) is 4.90 Å². The summed E-state index contributed by atoms with van der Waals surface area (Å²) in [6.45, 7) is 9.15. The summed E-state index contributed by atoms with van der Waals surface area (Å²) in [5, 5.41) is 0.748. The van der Waals surface area contributed by atoms with E-state index in [1.165, 1.54) is 11.1 Å². The monoisotopic (exact) mass is 751 g/mol. The quantitative estimate of drug-likeness (QED) is 0.306. The van der Waals surface area contributed by atoms with E-state index in [0.29, 0.717) is 43.5 Å². The van der Waals surface area contributed by atoms with Crippen LogP contribution in [0.1, 0.15) is 74.4 Å². The maximum absolute atomic E-state index is 14.7. The molecule has 0 N–H and O–H groups in total. The van der Waals surface area contributed by atoms with Crippen molar-refractivity contribution in [1.29, 1.82) is 0 Å². The summed E-state index contributed by atoms with van der Waals surface area (Å²) in [7, 11) is 0.219. The van der Waals surface area contributed by atoms with Crippen molar-refractivity contribution in [3.8, 4) is 5.75 Å². The van der Waals surface area contributed by atoms with Crippen LogP contribution in [0.2, 0.25) is 5.02 Å². The fourth-order valence-electron chi connectivity index (χ4n) is 9.04. The van der Waals surface area contributed by atoms with E-state index in [2.05, 4.69) is 33.5 Å². The lowest BCUT2D eigenvalue weighted by molar-refractivity contribution is -0.144. The zero-order chi connectivity index (χ0) is 36.8. The molecule has 0 aromatic heterocycles. The molecule has 3 aliphatic heterocycles. The molecule has 2 aromatic carbocycles. The Kier molecular flexibility index (Phi) is 10.6. The standard InChI is InChI=1S/C41H54ClN3O6S/c1-27-8-6-10-36(49-4)33-14-11-30(33)20-45-25-41(17-7-9-28-18-32(42)13-15-34(28)41)26-51-37-16-12-29(19-35(37)45)39(47)43-52(48,23-27)24-38(46)44-21-31(22-44)40(2,3)50-5/h6,10,12-13,15-16,18-19,27,30-31,33,36H,7-9,11,14,17,20-26H2,1-5H3/b10-6+/t27-,30-,33+,36-,41-,52+/m0/s1. The molecule has 2 aromatic rings. The highest BCUT2D eigenvalue weighted by molar-refractivity contribution is 7.94. The van der Waals surface area contributed by atoms with Crippen molar-refractivity contribution in [3.05, 3.63) is 70.3 Å². The number of hydrogen-bond acceptors (Lipinski definition) is 7. The van der Waals surface area contributed by atoms with Gasteiger partial charge in [-0.2, -0.15) is 4.36 Å². The molecule has 0 radical (unpaired) electrons. The Bertz CT molecular complexity index is 1850. The summed E-state index contributed by atoms with van der Waals surface area (Å²) in [5.41, 5.74) is 3.16. The van der Waals surface area contributed by atoms with Crippen LogP contribution in [-0.4, -0.2) is 91.1 Å². The van der Waals surface area contributed by atoms with Crippen molar-refractivity contribution in [3.63, 3.8) is 0 Å². The van der Waals surface area contributed by atoms with Gasteiger partial charge >= 0.3 is 0 Å². The molecule has 3 heterocycles. The fourth-order valence-corrected chi connectivity index (χ4v) is 11.5. The number of anilines is 1. The van der Waals surface area contributed by atoms with Gasteiger partial charge < -0.3 is 24.0 Å². The Hall–Kier alpha value is -2.92. The second-order valence-corrected chi connectivity index (χ2v) is 19.3. The number of rotatable bonds is 5. The predicted octanol–water partition coefficient (Wildman–Crippen LogP) is 6.94. The van der Waals surface area contributed by atoms with E-state index in [9.17, 15) is 13.8 Å². The Morgan fingerprint density at radius 1 is 1.13 bits per heavy atom. The molecule has 282 valence electrons. The lowest BCUT2D eigenvalue weighted by Crippen LogP contribution is -2.59. The number of halogens is 1. The first kappa shape index (κ1) is 37.4. The van der Waals surface area contributed by atoms with Crippen molar-refractivity contribution in [2.75, 3.05) is 63.4 Å². The van der Waals surface area contributed by atoms with Gasteiger partial charge in [-0.3, -0.25) is 9.59 Å². The number of methoxy groups -OCH3 is 2. The Balaban J connectivity index is 1.25. The summed E-state index contributed by atoms with van der Waals surface area (Å²) in [6.07, 6.45) is 10.1. The van der Waals surface area contributed by atoms with Gasteiger partial charge in [-0.05, 0) is 112 Å². The lowest BCUT2D eigenvalue weighted by Gasteiger charge is -2.46. The highest BCUT2D eigenvalue weighted by atomic mass is 35.5. The smallest absolute Gasteiger partial charge is 0.285 e. The first-order valence-corrected chi connectivity index (χ1v) is 21.1. The van der Waals surface area contributed by atoms with Gasteiger partial charge in [0.15, 0.2) is 0 Å². The summed E-state index contributed by atoms with van der Waals surface area (Å²) in [6, 6.07) is 11.7. The lowest BCUT2D eigenvalue weighted by atomic mass is 9.68. The van der Waals surface area contributed by atoms with Gasteiger partial charge in [-0.25, -0.2) is 4.21 Å². The van der Waals surface area contributed by atoms with Crippen molar-refractivity contribution in [2.45, 2.75) is 76.4 Å². The van der Waals surface area contributed by atoms with E-state index >= 15 is 0 Å². The SMILES string of the molecule is CO[C@H]1/C=C/C[C@H](C)C[S@@](=O)(CC(=O)N2CC(C(C)(C)OC)C2)=NC(=O)c2ccc3c(c2)N(C[C@@H]2CC[C@H]21)C[C@@]1(CCCc2cc(Cl)ccc21)CO3. The van der Waals surface area contributed by atoms with Crippen LogP contribution < -0.4 is 9.64 Å². The molecule has 1 spiro atoms. The molecule has 2 fully saturated rings. The van der Waals surface area contributed by atoms with E-state index in [0.717, 1.165) is 61.7 Å². The minimum absolute atomic E-state index is 0.0349. The van der Waals surface area contributed by atoms with Gasteiger partial charge in [-0.15, -0.1) is 0 Å². The molecule has 2 amide bonds. The topological polar surface area (TPSA) is 97.7 Å². The minimum Gasteiger partial charge on any atom is -0.490 e. The maximum Gasteiger partial charge on any atom is 0.285 e. The van der Waals surface area contributed by atoms with E-state index in [4.69, 9.17) is 25.8 Å². The Morgan fingerprint density at radius 3 is 2.67 bits per heavy atom. The number of fused-ring (bicyclic) bond motifs is 4. The zero-order valence-corrected chi connectivity index (χ0v) is 32.8. The van der Waals surface area contributed by atoms with Crippen LogP contribution in [0.3, 0.4) is 0 Å². The number of likely N-dealkylation sites (tertiary alicyclic amines) is 1. The molecular weight excluding hydrogens is 698 g/mol. The Morgan fingerprint density at radius 2 is 1.94 bits per heavy atom. The van der Waals surface area contributed by atoms with Gasteiger partial charge in [-0.1, -0.05) is 36.7 Å². The maximum atomic E-state index is 14.7. The molecule has 1 saturated heterocycles. The number of benzene rings is 2. The third-order valence-electron chi connectivity index (χ3n) is 12.7. The zero-order valence-electron chi connectivity index (χ0n) is 31.3. The van der Waals surface area contributed by atoms with Crippen LogP contribution in [0.4, 0.5) is 5.69 Å². The molecule has 6 atom stereocenters.